The fourth-order valence-corrected chi connectivity index (χ4v) is 3.45. The fourth-order valence-electron chi connectivity index (χ4n) is 3.13. The summed E-state index contributed by atoms with van der Waals surface area (Å²) in [6.07, 6.45) is 4.41. The summed E-state index contributed by atoms with van der Waals surface area (Å²) in [5, 5.41) is 16.1. The van der Waals surface area contributed by atoms with Gasteiger partial charge in [0.25, 0.3) is 0 Å². The number of rotatable bonds is 6. The standard InChI is InChI=1S/C21H17ClN4O4/c1-29-20(27)21(28,11-26-13-23-12-25-26)17-6-4-16(10-18(17)22)30-15-5-7-19-14(9-15)3-2-8-24-19/h2-10,12-13,28H,11H2,1H3. The average Bonchev–Trinajstić information content (AvgIpc) is 3.25. The number of carbonyl (C=O) groups excluding carboxylic acids is 1. The van der Waals surface area contributed by atoms with Gasteiger partial charge >= 0.3 is 5.97 Å². The summed E-state index contributed by atoms with van der Waals surface area (Å²) >= 11 is 6.41. The van der Waals surface area contributed by atoms with Crippen molar-refractivity contribution in [3.63, 3.8) is 0 Å². The molecule has 1 unspecified atom stereocenters. The molecule has 8 nitrogen and oxygen atoms in total. The molecule has 0 aliphatic heterocycles. The number of hydrogen-bond acceptors (Lipinski definition) is 7. The number of benzene rings is 2. The molecule has 2 heterocycles. The van der Waals surface area contributed by atoms with Gasteiger partial charge in [0.05, 0.1) is 24.2 Å². The minimum absolute atomic E-state index is 0.142. The molecule has 2 aromatic carbocycles. The zero-order valence-electron chi connectivity index (χ0n) is 15.9. The third kappa shape index (κ3) is 3.83. The Morgan fingerprint density at radius 1 is 1.20 bits per heavy atom. The molecule has 0 saturated heterocycles. The van der Waals surface area contributed by atoms with Crippen molar-refractivity contribution in [2.24, 2.45) is 0 Å². The molecular formula is C21H17ClN4O4. The second-order valence-electron chi connectivity index (χ2n) is 6.55. The molecule has 9 heteroatoms. The summed E-state index contributed by atoms with van der Waals surface area (Å²) < 4.78 is 12.0. The van der Waals surface area contributed by atoms with E-state index in [0.29, 0.717) is 11.5 Å². The monoisotopic (exact) mass is 424 g/mol. The average molecular weight is 425 g/mol. The van der Waals surface area contributed by atoms with Crippen molar-refractivity contribution in [3.05, 3.63) is 78.0 Å². The van der Waals surface area contributed by atoms with E-state index >= 15 is 0 Å². The highest BCUT2D eigenvalue weighted by Gasteiger charge is 2.42. The first-order valence-corrected chi connectivity index (χ1v) is 9.33. The molecule has 0 radical (unpaired) electrons. The van der Waals surface area contributed by atoms with Crippen molar-refractivity contribution in [1.29, 1.82) is 0 Å². The Morgan fingerprint density at radius 3 is 2.73 bits per heavy atom. The number of methoxy groups -OCH3 is 1. The van der Waals surface area contributed by atoms with Gasteiger partial charge in [0.2, 0.25) is 5.60 Å². The zero-order chi connectivity index (χ0) is 21.1. The lowest BCUT2D eigenvalue weighted by atomic mass is 9.93. The van der Waals surface area contributed by atoms with Gasteiger partial charge in [-0.15, -0.1) is 0 Å². The van der Waals surface area contributed by atoms with Gasteiger partial charge in [-0.2, -0.15) is 5.10 Å². The van der Waals surface area contributed by atoms with Crippen LogP contribution in [0.2, 0.25) is 5.02 Å². The molecule has 0 fully saturated rings. The predicted octanol–water partition coefficient (Wildman–Crippen LogP) is 3.33. The second kappa shape index (κ2) is 8.10. The van der Waals surface area contributed by atoms with E-state index in [1.54, 1.807) is 18.3 Å². The summed E-state index contributed by atoms with van der Waals surface area (Å²) in [4.78, 5) is 20.5. The topological polar surface area (TPSA) is 99.4 Å². The van der Waals surface area contributed by atoms with Crippen molar-refractivity contribution in [2.45, 2.75) is 12.1 Å². The van der Waals surface area contributed by atoms with E-state index < -0.39 is 11.6 Å². The predicted molar refractivity (Wildman–Crippen MR) is 109 cm³/mol. The molecule has 1 atom stereocenters. The van der Waals surface area contributed by atoms with Gasteiger partial charge in [-0.05, 0) is 36.4 Å². The van der Waals surface area contributed by atoms with Crippen molar-refractivity contribution in [1.82, 2.24) is 19.7 Å². The number of hydrogen-bond donors (Lipinski definition) is 1. The van der Waals surface area contributed by atoms with Gasteiger partial charge in [0, 0.05) is 17.1 Å². The number of nitrogens with zero attached hydrogens (tertiary/aromatic N) is 4. The fraction of sp³-hybridized carbons (Fsp3) is 0.143. The van der Waals surface area contributed by atoms with Gasteiger partial charge in [-0.1, -0.05) is 23.7 Å². The van der Waals surface area contributed by atoms with Crippen LogP contribution >= 0.6 is 11.6 Å². The Kier molecular flexibility index (Phi) is 5.35. The number of carbonyl (C=O) groups is 1. The number of aromatic nitrogens is 4. The molecule has 4 rings (SSSR count). The first kappa shape index (κ1) is 19.8. The molecular weight excluding hydrogens is 408 g/mol. The molecule has 0 saturated carbocycles. The molecule has 4 aromatic rings. The first-order valence-electron chi connectivity index (χ1n) is 8.95. The van der Waals surface area contributed by atoms with Crippen LogP contribution in [0.3, 0.4) is 0 Å². The van der Waals surface area contributed by atoms with Crippen LogP contribution in [0.5, 0.6) is 11.5 Å². The molecule has 0 aliphatic carbocycles. The highest BCUT2D eigenvalue weighted by atomic mass is 35.5. The van der Waals surface area contributed by atoms with E-state index in [0.717, 1.165) is 10.9 Å². The van der Waals surface area contributed by atoms with Crippen LogP contribution in [-0.4, -0.2) is 37.9 Å². The Hall–Kier alpha value is -3.49. The number of pyridine rings is 1. The highest BCUT2D eigenvalue weighted by molar-refractivity contribution is 6.31. The zero-order valence-corrected chi connectivity index (χ0v) is 16.7. The first-order chi connectivity index (χ1) is 14.5. The highest BCUT2D eigenvalue weighted by Crippen LogP contribution is 2.35. The summed E-state index contributed by atoms with van der Waals surface area (Å²) in [7, 11) is 1.19. The number of aliphatic hydroxyl groups is 1. The number of fused-ring (bicyclic) bond motifs is 1. The van der Waals surface area contributed by atoms with E-state index in [9.17, 15) is 9.90 Å². The summed E-state index contributed by atoms with van der Waals surface area (Å²) in [5.41, 5.74) is -1.02. The minimum atomic E-state index is -2.05. The lowest BCUT2D eigenvalue weighted by Gasteiger charge is -2.26. The largest absolute Gasteiger partial charge is 0.467 e. The van der Waals surface area contributed by atoms with Crippen molar-refractivity contribution >= 4 is 28.5 Å². The Labute approximate surface area is 176 Å². The smallest absolute Gasteiger partial charge is 0.344 e. The van der Waals surface area contributed by atoms with Crippen LogP contribution in [0.25, 0.3) is 10.9 Å². The van der Waals surface area contributed by atoms with E-state index in [1.807, 2.05) is 24.3 Å². The molecule has 0 bridgehead atoms. The maximum atomic E-state index is 12.4. The quantitative estimate of drug-likeness (QED) is 0.474. The number of ether oxygens (including phenoxy) is 2. The van der Waals surface area contributed by atoms with Crippen LogP contribution in [0.1, 0.15) is 5.56 Å². The van der Waals surface area contributed by atoms with E-state index in [2.05, 4.69) is 15.1 Å². The van der Waals surface area contributed by atoms with Gasteiger partial charge in [-0.25, -0.2) is 14.5 Å². The molecule has 0 spiro atoms. The molecule has 30 heavy (non-hydrogen) atoms. The van der Waals surface area contributed by atoms with Crippen LogP contribution < -0.4 is 4.74 Å². The summed E-state index contributed by atoms with van der Waals surface area (Å²) in [6, 6.07) is 14.0. The van der Waals surface area contributed by atoms with Crippen LogP contribution in [-0.2, 0) is 21.7 Å². The van der Waals surface area contributed by atoms with Crippen molar-refractivity contribution < 1.29 is 19.4 Å². The molecule has 1 N–H and O–H groups in total. The van der Waals surface area contributed by atoms with Crippen LogP contribution in [0.15, 0.2) is 67.4 Å². The summed E-state index contributed by atoms with van der Waals surface area (Å²) in [6.45, 7) is -0.211. The Balaban J connectivity index is 1.64. The lowest BCUT2D eigenvalue weighted by molar-refractivity contribution is -0.165. The van der Waals surface area contributed by atoms with E-state index in [1.165, 1.54) is 36.6 Å². The molecule has 2 aromatic heterocycles. The van der Waals surface area contributed by atoms with Gasteiger partial charge in [0.1, 0.15) is 24.2 Å². The van der Waals surface area contributed by atoms with Crippen molar-refractivity contribution in [3.8, 4) is 11.5 Å². The normalized spacial score (nSPS) is 13.0. The van der Waals surface area contributed by atoms with Gasteiger partial charge in [-0.3, -0.25) is 4.98 Å². The maximum Gasteiger partial charge on any atom is 0.344 e. The third-order valence-electron chi connectivity index (χ3n) is 4.58. The van der Waals surface area contributed by atoms with Crippen molar-refractivity contribution in [2.75, 3.05) is 7.11 Å². The third-order valence-corrected chi connectivity index (χ3v) is 4.89. The Bertz CT molecular complexity index is 1200. The van der Waals surface area contributed by atoms with Crippen LogP contribution in [0, 0.1) is 0 Å². The van der Waals surface area contributed by atoms with Gasteiger partial charge < -0.3 is 14.6 Å². The molecule has 152 valence electrons. The lowest BCUT2D eigenvalue weighted by Crippen LogP contribution is -2.41. The second-order valence-corrected chi connectivity index (χ2v) is 6.95. The van der Waals surface area contributed by atoms with E-state index in [4.69, 9.17) is 21.1 Å². The molecule has 0 aliphatic rings. The molecule has 0 amide bonds. The van der Waals surface area contributed by atoms with E-state index in [-0.39, 0.29) is 17.1 Å². The van der Waals surface area contributed by atoms with Crippen LogP contribution in [0.4, 0.5) is 0 Å². The summed E-state index contributed by atoms with van der Waals surface area (Å²) in [5.74, 6) is 0.181. The minimum Gasteiger partial charge on any atom is -0.467 e. The maximum absolute atomic E-state index is 12.4. The SMILES string of the molecule is COC(=O)C(O)(Cn1cncn1)c1ccc(Oc2ccc3ncccc3c2)cc1Cl. The Morgan fingerprint density at radius 2 is 2.00 bits per heavy atom. The van der Waals surface area contributed by atoms with Gasteiger partial charge in [0.15, 0.2) is 0 Å². The number of halogens is 1. The number of esters is 1.